The van der Waals surface area contributed by atoms with Crippen molar-refractivity contribution in [1.82, 2.24) is 0 Å². The van der Waals surface area contributed by atoms with Crippen molar-refractivity contribution in [3.63, 3.8) is 0 Å². The van der Waals surface area contributed by atoms with Crippen molar-refractivity contribution in [1.29, 1.82) is 0 Å². The second-order valence-electron chi connectivity index (χ2n) is 5.40. The third-order valence-corrected chi connectivity index (χ3v) is 4.52. The maximum absolute atomic E-state index is 12.5. The van der Waals surface area contributed by atoms with Gasteiger partial charge in [-0.3, -0.25) is 0 Å². The first-order valence-electron chi connectivity index (χ1n) is 7.55. The van der Waals surface area contributed by atoms with Gasteiger partial charge in [0.2, 0.25) is 5.88 Å². The molecular formula is C18H15Cl2NO4. The van der Waals surface area contributed by atoms with Crippen LogP contribution >= 0.6 is 23.2 Å². The summed E-state index contributed by atoms with van der Waals surface area (Å²) < 4.78 is 10.7. The van der Waals surface area contributed by atoms with E-state index in [4.69, 9.17) is 38.4 Å². The predicted octanol–water partition coefficient (Wildman–Crippen LogP) is 3.96. The van der Waals surface area contributed by atoms with Gasteiger partial charge in [-0.2, -0.15) is 0 Å². The summed E-state index contributed by atoms with van der Waals surface area (Å²) in [5.74, 6) is -1.17. The van der Waals surface area contributed by atoms with Gasteiger partial charge in [0.05, 0.1) is 17.5 Å². The summed E-state index contributed by atoms with van der Waals surface area (Å²) in [5, 5.41) is 10.4. The molecule has 0 amide bonds. The first kappa shape index (κ1) is 17.5. The van der Waals surface area contributed by atoms with Gasteiger partial charge in [-0.05, 0) is 24.6 Å². The summed E-state index contributed by atoms with van der Waals surface area (Å²) in [7, 11) is 0. The third kappa shape index (κ3) is 3.13. The highest BCUT2D eigenvalue weighted by Gasteiger charge is 2.37. The molecule has 0 saturated heterocycles. The molecule has 7 heteroatoms. The van der Waals surface area contributed by atoms with Crippen molar-refractivity contribution in [2.24, 2.45) is 5.73 Å². The number of benzene rings is 2. The second kappa shape index (κ2) is 6.86. The van der Waals surface area contributed by atoms with Gasteiger partial charge in [0.25, 0.3) is 0 Å². The van der Waals surface area contributed by atoms with Crippen molar-refractivity contribution < 1.29 is 19.4 Å². The van der Waals surface area contributed by atoms with E-state index in [-0.39, 0.29) is 28.8 Å². The summed E-state index contributed by atoms with van der Waals surface area (Å²) in [6, 6.07) is 9.98. The Bertz CT molecular complexity index is 879. The molecule has 0 fully saturated rings. The zero-order valence-electron chi connectivity index (χ0n) is 13.3. The Kier molecular flexibility index (Phi) is 4.79. The van der Waals surface area contributed by atoms with E-state index in [1.54, 1.807) is 31.2 Å². The number of rotatable bonds is 3. The number of halogens is 2. The SMILES string of the molecule is CCOC(=O)C1=C(N)Oc2cc(O)c(Cl)cc2C1c1ccccc1Cl. The largest absolute Gasteiger partial charge is 0.506 e. The average Bonchev–Trinajstić information content (AvgIpc) is 2.56. The molecule has 3 N–H and O–H groups in total. The van der Waals surface area contributed by atoms with Crippen molar-refractivity contribution in [3.8, 4) is 11.5 Å². The van der Waals surface area contributed by atoms with Crippen LogP contribution in [-0.2, 0) is 9.53 Å². The highest BCUT2D eigenvalue weighted by molar-refractivity contribution is 6.32. The monoisotopic (exact) mass is 379 g/mol. The van der Waals surface area contributed by atoms with Crippen molar-refractivity contribution in [2.45, 2.75) is 12.8 Å². The molecule has 1 heterocycles. The number of aromatic hydroxyl groups is 1. The van der Waals surface area contributed by atoms with E-state index >= 15 is 0 Å². The number of nitrogens with two attached hydrogens (primary N) is 1. The van der Waals surface area contributed by atoms with E-state index in [0.29, 0.717) is 21.9 Å². The third-order valence-electron chi connectivity index (χ3n) is 3.88. The lowest BCUT2D eigenvalue weighted by molar-refractivity contribution is -0.139. The van der Waals surface area contributed by atoms with Crippen LogP contribution in [0.2, 0.25) is 10.0 Å². The molecule has 2 aromatic carbocycles. The molecule has 1 aliphatic heterocycles. The number of fused-ring (bicyclic) bond motifs is 1. The molecule has 2 aromatic rings. The molecule has 0 radical (unpaired) electrons. The van der Waals surface area contributed by atoms with Gasteiger partial charge in [-0.15, -0.1) is 0 Å². The van der Waals surface area contributed by atoms with Gasteiger partial charge in [-0.25, -0.2) is 4.79 Å². The summed E-state index contributed by atoms with van der Waals surface area (Å²) >= 11 is 12.4. The fourth-order valence-electron chi connectivity index (χ4n) is 2.80. The molecule has 1 atom stereocenters. The van der Waals surface area contributed by atoms with Crippen molar-refractivity contribution in [3.05, 3.63) is 69.0 Å². The van der Waals surface area contributed by atoms with E-state index in [9.17, 15) is 9.90 Å². The number of ether oxygens (including phenoxy) is 2. The van der Waals surface area contributed by atoms with Gasteiger partial charge < -0.3 is 20.3 Å². The van der Waals surface area contributed by atoms with Gasteiger partial charge in [0, 0.05) is 16.7 Å². The van der Waals surface area contributed by atoms with E-state index < -0.39 is 11.9 Å². The fraction of sp³-hybridized carbons (Fsp3) is 0.167. The molecule has 0 bridgehead atoms. The van der Waals surface area contributed by atoms with E-state index in [2.05, 4.69) is 0 Å². The molecule has 0 aliphatic carbocycles. The molecule has 25 heavy (non-hydrogen) atoms. The van der Waals surface area contributed by atoms with Crippen LogP contribution in [0.15, 0.2) is 47.9 Å². The highest BCUT2D eigenvalue weighted by atomic mass is 35.5. The quantitative estimate of drug-likeness (QED) is 0.788. The van der Waals surface area contributed by atoms with Gasteiger partial charge in [0.15, 0.2) is 0 Å². The maximum atomic E-state index is 12.5. The number of phenols is 1. The summed E-state index contributed by atoms with van der Waals surface area (Å²) in [5.41, 5.74) is 7.35. The van der Waals surface area contributed by atoms with Crippen molar-refractivity contribution >= 4 is 29.2 Å². The average molecular weight is 380 g/mol. The first-order chi connectivity index (χ1) is 11.9. The zero-order valence-corrected chi connectivity index (χ0v) is 14.8. The van der Waals surface area contributed by atoms with E-state index in [1.807, 2.05) is 0 Å². The topological polar surface area (TPSA) is 81.8 Å². The molecular weight excluding hydrogens is 365 g/mol. The smallest absolute Gasteiger partial charge is 0.340 e. The molecule has 130 valence electrons. The van der Waals surface area contributed by atoms with Crippen LogP contribution in [0.5, 0.6) is 11.5 Å². The van der Waals surface area contributed by atoms with Crippen molar-refractivity contribution in [2.75, 3.05) is 6.61 Å². The Morgan fingerprint density at radius 1 is 1.24 bits per heavy atom. The molecule has 0 saturated carbocycles. The van der Waals surface area contributed by atoms with E-state index in [1.165, 1.54) is 12.1 Å². The summed E-state index contributed by atoms with van der Waals surface area (Å²) in [4.78, 5) is 12.5. The first-order valence-corrected chi connectivity index (χ1v) is 8.31. The van der Waals surface area contributed by atoms with Crippen LogP contribution in [0.4, 0.5) is 0 Å². The van der Waals surface area contributed by atoms with Crippen LogP contribution in [-0.4, -0.2) is 17.7 Å². The minimum atomic E-state index is -0.630. The maximum Gasteiger partial charge on any atom is 0.340 e. The Balaban J connectivity index is 2.26. The lowest BCUT2D eigenvalue weighted by Crippen LogP contribution is -2.27. The van der Waals surface area contributed by atoms with E-state index in [0.717, 1.165) is 0 Å². The highest BCUT2D eigenvalue weighted by Crippen LogP contribution is 2.47. The molecule has 0 aromatic heterocycles. The number of hydrogen-bond donors (Lipinski definition) is 2. The second-order valence-corrected chi connectivity index (χ2v) is 6.21. The lowest BCUT2D eigenvalue weighted by atomic mass is 9.83. The molecule has 3 rings (SSSR count). The molecule has 0 spiro atoms. The minimum Gasteiger partial charge on any atom is -0.506 e. The summed E-state index contributed by atoms with van der Waals surface area (Å²) in [6.07, 6.45) is 0. The Morgan fingerprint density at radius 3 is 2.64 bits per heavy atom. The van der Waals surface area contributed by atoms with Crippen LogP contribution in [0.1, 0.15) is 24.0 Å². The van der Waals surface area contributed by atoms with Gasteiger partial charge >= 0.3 is 5.97 Å². The number of carbonyl (C=O) groups is 1. The van der Waals surface area contributed by atoms with Crippen LogP contribution in [0.25, 0.3) is 0 Å². The van der Waals surface area contributed by atoms with Gasteiger partial charge in [-0.1, -0.05) is 41.4 Å². The lowest BCUT2D eigenvalue weighted by Gasteiger charge is -2.29. The van der Waals surface area contributed by atoms with Gasteiger partial charge in [0.1, 0.15) is 17.1 Å². The Morgan fingerprint density at radius 2 is 1.96 bits per heavy atom. The molecule has 5 nitrogen and oxygen atoms in total. The normalized spacial score (nSPS) is 16.2. The van der Waals surface area contributed by atoms with Crippen LogP contribution < -0.4 is 10.5 Å². The molecule has 1 unspecified atom stereocenters. The fourth-order valence-corrected chi connectivity index (χ4v) is 3.22. The Hall–Kier alpha value is -2.37. The predicted molar refractivity (Wildman–Crippen MR) is 94.9 cm³/mol. The minimum absolute atomic E-state index is 0.0995. The number of phenolic OH excluding ortho intramolecular Hbond substituents is 1. The number of esters is 1. The molecule has 1 aliphatic rings. The standard InChI is InChI=1S/C18H15Cl2NO4/c1-2-24-18(23)16-15(9-5-3-4-6-11(9)19)10-7-12(20)13(22)8-14(10)25-17(16)21/h3-8,15,22H,2,21H2,1H3. The summed E-state index contributed by atoms with van der Waals surface area (Å²) in [6.45, 7) is 1.89. The zero-order chi connectivity index (χ0) is 18.1. The number of hydrogen-bond acceptors (Lipinski definition) is 5. The van der Waals surface area contributed by atoms with Crippen LogP contribution in [0.3, 0.4) is 0 Å². The number of carbonyl (C=O) groups excluding carboxylic acids is 1. The Labute approximate surface area is 154 Å². The van der Waals surface area contributed by atoms with Crippen LogP contribution in [0, 0.1) is 0 Å².